The SMILES string of the molecule is CCC(C)(C)N(C(=O)C(CS)NC(=O)OC(C)(C)C)C(C(=O)Nc1ccc(OC)cc1)c1ccccc1. The molecule has 9 heteroatoms. The van der Waals surface area contributed by atoms with Crippen LogP contribution in [-0.2, 0) is 14.3 Å². The molecule has 0 saturated heterocycles. The topological polar surface area (TPSA) is 97.0 Å². The molecule has 0 radical (unpaired) electrons. The zero-order valence-corrected chi connectivity index (χ0v) is 23.6. The molecule has 2 unspecified atom stereocenters. The molecule has 2 atom stereocenters. The van der Waals surface area contributed by atoms with Crippen molar-refractivity contribution in [2.75, 3.05) is 18.2 Å². The lowest BCUT2D eigenvalue weighted by molar-refractivity contribution is -0.147. The monoisotopic (exact) mass is 529 g/mol. The number of ether oxygens (including phenoxy) is 2. The fourth-order valence-corrected chi connectivity index (χ4v) is 3.93. The summed E-state index contributed by atoms with van der Waals surface area (Å²) in [5.41, 5.74) is -0.280. The second-order valence-electron chi connectivity index (χ2n) is 10.3. The van der Waals surface area contributed by atoms with Crippen LogP contribution in [0.1, 0.15) is 59.6 Å². The molecule has 0 heterocycles. The number of amides is 3. The summed E-state index contributed by atoms with van der Waals surface area (Å²) in [6.45, 7) is 11.0. The van der Waals surface area contributed by atoms with Gasteiger partial charge in [0.1, 0.15) is 23.4 Å². The molecule has 2 N–H and O–H groups in total. The van der Waals surface area contributed by atoms with Crippen molar-refractivity contribution in [3.8, 4) is 5.75 Å². The maximum Gasteiger partial charge on any atom is 0.408 e. The summed E-state index contributed by atoms with van der Waals surface area (Å²) in [5.74, 6) is -0.144. The maximum atomic E-state index is 14.0. The van der Waals surface area contributed by atoms with Crippen molar-refractivity contribution in [2.24, 2.45) is 0 Å². The Kier molecular flexibility index (Phi) is 10.4. The number of methoxy groups -OCH3 is 1. The fraction of sp³-hybridized carbons (Fsp3) is 0.464. The first kappa shape index (κ1) is 30.0. The molecule has 0 aromatic heterocycles. The van der Waals surface area contributed by atoms with Crippen LogP contribution in [0, 0.1) is 0 Å². The molecular formula is C28H39N3O5S. The van der Waals surface area contributed by atoms with E-state index in [0.29, 0.717) is 23.4 Å². The molecule has 0 bridgehead atoms. The number of benzene rings is 2. The number of nitrogens with zero attached hydrogens (tertiary/aromatic N) is 1. The second kappa shape index (κ2) is 12.9. The van der Waals surface area contributed by atoms with E-state index in [4.69, 9.17) is 9.47 Å². The van der Waals surface area contributed by atoms with Gasteiger partial charge in [-0.05, 0) is 70.9 Å². The van der Waals surface area contributed by atoms with Crippen LogP contribution in [0.4, 0.5) is 10.5 Å². The number of rotatable bonds is 10. The largest absolute Gasteiger partial charge is 0.497 e. The standard InChI is InChI=1S/C28H39N3O5S/c1-8-28(5,6)31(25(33)22(18-37)30-26(34)36-27(2,3)4)23(19-12-10-9-11-13-19)24(32)29-20-14-16-21(35-7)17-15-20/h9-17,22-23,37H,8,18H2,1-7H3,(H,29,32)(H,30,34). The minimum atomic E-state index is -1.01. The lowest BCUT2D eigenvalue weighted by Crippen LogP contribution is -2.59. The van der Waals surface area contributed by atoms with Gasteiger partial charge >= 0.3 is 6.09 Å². The third kappa shape index (κ3) is 8.42. The molecule has 2 aromatic carbocycles. The highest BCUT2D eigenvalue weighted by molar-refractivity contribution is 7.80. The maximum absolute atomic E-state index is 14.0. The van der Waals surface area contributed by atoms with Crippen LogP contribution in [0.5, 0.6) is 5.75 Å². The van der Waals surface area contributed by atoms with E-state index in [2.05, 4.69) is 23.3 Å². The van der Waals surface area contributed by atoms with E-state index >= 15 is 0 Å². The van der Waals surface area contributed by atoms with E-state index in [1.165, 1.54) is 0 Å². The highest BCUT2D eigenvalue weighted by Crippen LogP contribution is 2.33. The van der Waals surface area contributed by atoms with Crippen molar-refractivity contribution < 1.29 is 23.9 Å². The summed E-state index contributed by atoms with van der Waals surface area (Å²) in [5, 5.41) is 5.57. The number of hydrogen-bond acceptors (Lipinski definition) is 6. The number of alkyl carbamates (subject to hydrolysis) is 1. The lowest BCUT2D eigenvalue weighted by atomic mass is 9.92. The average Bonchev–Trinajstić information content (AvgIpc) is 2.85. The number of hydrogen-bond donors (Lipinski definition) is 3. The van der Waals surface area contributed by atoms with Crippen LogP contribution in [0.2, 0.25) is 0 Å². The van der Waals surface area contributed by atoms with Crippen LogP contribution >= 0.6 is 12.6 Å². The van der Waals surface area contributed by atoms with Crippen molar-refractivity contribution in [3.05, 3.63) is 60.2 Å². The Morgan fingerprint density at radius 1 is 0.973 bits per heavy atom. The van der Waals surface area contributed by atoms with Crippen LogP contribution in [0.3, 0.4) is 0 Å². The minimum absolute atomic E-state index is 0.0238. The number of anilines is 1. The predicted octanol–water partition coefficient (Wildman–Crippen LogP) is 5.22. The van der Waals surface area contributed by atoms with Crippen LogP contribution in [-0.4, -0.2) is 52.9 Å². The fourth-order valence-electron chi connectivity index (χ4n) is 3.69. The Balaban J connectivity index is 2.51. The Bertz CT molecular complexity index is 1050. The second-order valence-corrected chi connectivity index (χ2v) is 10.7. The number of nitrogens with one attached hydrogen (secondary N) is 2. The number of carbonyl (C=O) groups excluding carboxylic acids is 3. The summed E-state index contributed by atoms with van der Waals surface area (Å²) in [6, 6.07) is 14.1. The van der Waals surface area contributed by atoms with Crippen molar-refractivity contribution in [3.63, 3.8) is 0 Å². The molecule has 8 nitrogen and oxygen atoms in total. The van der Waals surface area contributed by atoms with Crippen LogP contribution in [0.15, 0.2) is 54.6 Å². The van der Waals surface area contributed by atoms with E-state index < -0.39 is 35.2 Å². The molecule has 0 saturated carbocycles. The van der Waals surface area contributed by atoms with Crippen LogP contribution in [0.25, 0.3) is 0 Å². The first-order valence-electron chi connectivity index (χ1n) is 12.3. The molecule has 3 amide bonds. The zero-order chi connectivity index (χ0) is 27.8. The molecule has 0 aliphatic carbocycles. The molecular weight excluding hydrogens is 490 g/mol. The van der Waals surface area contributed by atoms with Gasteiger partial charge in [-0.2, -0.15) is 12.6 Å². The lowest BCUT2D eigenvalue weighted by Gasteiger charge is -2.44. The van der Waals surface area contributed by atoms with Crippen molar-refractivity contribution in [1.29, 1.82) is 0 Å². The number of carbonyl (C=O) groups is 3. The summed E-state index contributed by atoms with van der Waals surface area (Å²) in [6.07, 6.45) is -0.169. The summed E-state index contributed by atoms with van der Waals surface area (Å²) >= 11 is 4.34. The van der Waals surface area contributed by atoms with Gasteiger partial charge in [-0.25, -0.2) is 4.79 Å². The molecule has 37 heavy (non-hydrogen) atoms. The normalized spacial score (nSPS) is 13.2. The van der Waals surface area contributed by atoms with E-state index in [0.717, 1.165) is 0 Å². The highest BCUT2D eigenvalue weighted by atomic mass is 32.1. The molecule has 2 rings (SSSR count). The third-order valence-electron chi connectivity index (χ3n) is 5.91. The first-order chi connectivity index (χ1) is 17.3. The van der Waals surface area contributed by atoms with Gasteiger partial charge in [-0.3, -0.25) is 9.59 Å². The summed E-state index contributed by atoms with van der Waals surface area (Å²) < 4.78 is 10.6. The molecule has 0 spiro atoms. The summed E-state index contributed by atoms with van der Waals surface area (Å²) in [7, 11) is 1.57. The Morgan fingerprint density at radius 2 is 1.57 bits per heavy atom. The van der Waals surface area contributed by atoms with Gasteiger partial charge in [-0.1, -0.05) is 37.3 Å². The quantitative estimate of drug-likeness (QED) is 0.367. The third-order valence-corrected chi connectivity index (χ3v) is 6.27. The Morgan fingerprint density at radius 3 is 2.05 bits per heavy atom. The van der Waals surface area contributed by atoms with Gasteiger partial charge in [0.2, 0.25) is 5.91 Å². The van der Waals surface area contributed by atoms with Crippen molar-refractivity contribution in [2.45, 2.75) is 71.2 Å². The number of thiol groups is 1. The van der Waals surface area contributed by atoms with Gasteiger partial charge in [0.25, 0.3) is 5.91 Å². The van der Waals surface area contributed by atoms with E-state index in [-0.39, 0.29) is 11.7 Å². The molecule has 2 aromatic rings. The minimum Gasteiger partial charge on any atom is -0.497 e. The zero-order valence-electron chi connectivity index (χ0n) is 22.7. The van der Waals surface area contributed by atoms with Gasteiger partial charge in [-0.15, -0.1) is 0 Å². The van der Waals surface area contributed by atoms with E-state index in [1.54, 1.807) is 69.2 Å². The predicted molar refractivity (Wildman–Crippen MR) is 149 cm³/mol. The Hall–Kier alpha value is -3.20. The average molecular weight is 530 g/mol. The smallest absolute Gasteiger partial charge is 0.408 e. The van der Waals surface area contributed by atoms with Crippen molar-refractivity contribution in [1.82, 2.24) is 10.2 Å². The van der Waals surface area contributed by atoms with Gasteiger partial charge in [0, 0.05) is 17.0 Å². The summed E-state index contributed by atoms with van der Waals surface area (Å²) in [4.78, 5) is 41.9. The molecule has 0 aliphatic rings. The van der Waals surface area contributed by atoms with Crippen molar-refractivity contribution >= 4 is 36.2 Å². The molecule has 0 aliphatic heterocycles. The molecule has 202 valence electrons. The first-order valence-corrected chi connectivity index (χ1v) is 12.9. The van der Waals surface area contributed by atoms with Gasteiger partial charge in [0.15, 0.2) is 0 Å². The van der Waals surface area contributed by atoms with E-state index in [1.807, 2.05) is 39.0 Å². The van der Waals surface area contributed by atoms with Gasteiger partial charge in [0.05, 0.1) is 7.11 Å². The van der Waals surface area contributed by atoms with E-state index in [9.17, 15) is 14.4 Å². The molecule has 0 fully saturated rings. The van der Waals surface area contributed by atoms with Crippen LogP contribution < -0.4 is 15.4 Å². The van der Waals surface area contributed by atoms with Gasteiger partial charge < -0.3 is 25.0 Å². The Labute approximate surface area is 225 Å². The highest BCUT2D eigenvalue weighted by Gasteiger charge is 2.42.